The highest BCUT2D eigenvalue weighted by Gasteiger charge is 2.36. The second kappa shape index (κ2) is 9.15. The summed E-state index contributed by atoms with van der Waals surface area (Å²) < 4.78 is 0. The standard InChI is InChI=1S/C25H32N6O2/c1-16-13-27-20(14-26-16)25(33)30-11-7-6-10-21(30)23-28-17(2)19-12-22(32)31(24(19)29-23)15-18-8-4-3-5-9-18/h13-14,18,21H,3-12,15H2,1-2H3/t21-/m1/s1. The monoisotopic (exact) mass is 448 g/mol. The largest absolute Gasteiger partial charge is 0.327 e. The Kier molecular flexibility index (Phi) is 6.08. The Hall–Kier alpha value is -2.90. The van der Waals surface area contributed by atoms with E-state index in [9.17, 15) is 9.59 Å². The average Bonchev–Trinajstić information content (AvgIpc) is 3.15. The third kappa shape index (κ3) is 4.35. The second-order valence-electron chi connectivity index (χ2n) is 9.71. The van der Waals surface area contributed by atoms with Crippen LogP contribution in [-0.4, -0.2) is 49.7 Å². The molecule has 1 atom stereocenters. The van der Waals surface area contributed by atoms with Crippen LogP contribution in [0.2, 0.25) is 0 Å². The maximum Gasteiger partial charge on any atom is 0.274 e. The van der Waals surface area contributed by atoms with Gasteiger partial charge in [0, 0.05) is 30.5 Å². The molecule has 2 fully saturated rings. The zero-order valence-electron chi connectivity index (χ0n) is 19.6. The molecule has 1 aliphatic carbocycles. The first kappa shape index (κ1) is 21.9. The zero-order valence-corrected chi connectivity index (χ0v) is 19.6. The molecule has 33 heavy (non-hydrogen) atoms. The summed E-state index contributed by atoms with van der Waals surface area (Å²) in [6.07, 6.45) is 12.4. The Morgan fingerprint density at radius 3 is 2.55 bits per heavy atom. The van der Waals surface area contributed by atoms with Crippen LogP contribution in [0.15, 0.2) is 12.4 Å². The normalized spacial score (nSPS) is 21.4. The number of carbonyl (C=O) groups is 2. The molecule has 1 saturated carbocycles. The van der Waals surface area contributed by atoms with E-state index < -0.39 is 0 Å². The van der Waals surface area contributed by atoms with E-state index in [4.69, 9.17) is 9.97 Å². The van der Waals surface area contributed by atoms with Crippen molar-refractivity contribution in [3.05, 3.63) is 40.9 Å². The smallest absolute Gasteiger partial charge is 0.274 e. The molecule has 2 amide bonds. The van der Waals surface area contributed by atoms with E-state index in [1.165, 1.54) is 32.1 Å². The summed E-state index contributed by atoms with van der Waals surface area (Å²) in [5, 5.41) is 0. The summed E-state index contributed by atoms with van der Waals surface area (Å²) in [5.41, 5.74) is 2.92. The van der Waals surface area contributed by atoms with Crippen LogP contribution in [0.25, 0.3) is 0 Å². The topological polar surface area (TPSA) is 92.2 Å². The molecule has 0 N–H and O–H groups in total. The van der Waals surface area contributed by atoms with Gasteiger partial charge in [-0.1, -0.05) is 19.3 Å². The van der Waals surface area contributed by atoms with E-state index in [-0.39, 0.29) is 17.9 Å². The summed E-state index contributed by atoms with van der Waals surface area (Å²) in [6, 6.07) is -0.217. The summed E-state index contributed by atoms with van der Waals surface area (Å²) >= 11 is 0. The minimum absolute atomic E-state index is 0.122. The van der Waals surface area contributed by atoms with Gasteiger partial charge in [-0.15, -0.1) is 0 Å². The fourth-order valence-electron chi connectivity index (χ4n) is 5.46. The van der Waals surface area contributed by atoms with Crippen molar-refractivity contribution in [1.29, 1.82) is 0 Å². The van der Waals surface area contributed by atoms with Crippen molar-refractivity contribution < 1.29 is 9.59 Å². The summed E-state index contributed by atoms with van der Waals surface area (Å²) in [7, 11) is 0. The van der Waals surface area contributed by atoms with Crippen LogP contribution in [-0.2, 0) is 11.2 Å². The lowest BCUT2D eigenvalue weighted by atomic mass is 9.89. The first-order valence-corrected chi connectivity index (χ1v) is 12.3. The van der Waals surface area contributed by atoms with E-state index in [1.807, 2.05) is 23.6 Å². The van der Waals surface area contributed by atoms with Gasteiger partial charge in [0.25, 0.3) is 5.91 Å². The number of amides is 2. The SMILES string of the molecule is Cc1cnc(C(=O)N2CCCC[C@@H]2c2nc(C)c3c(n2)N(CC2CCCCC2)C(=O)C3)cn1. The number of rotatable bonds is 4. The molecule has 8 heteroatoms. The molecule has 0 bridgehead atoms. The Morgan fingerprint density at radius 1 is 1.00 bits per heavy atom. The zero-order chi connectivity index (χ0) is 22.9. The predicted molar refractivity (Wildman–Crippen MR) is 124 cm³/mol. The molecule has 174 valence electrons. The highest BCUT2D eigenvalue weighted by Crippen LogP contribution is 2.36. The molecule has 0 aromatic carbocycles. The van der Waals surface area contributed by atoms with Gasteiger partial charge in [0.05, 0.1) is 24.4 Å². The Balaban J connectivity index is 1.44. The Morgan fingerprint density at radius 2 is 1.79 bits per heavy atom. The van der Waals surface area contributed by atoms with E-state index in [2.05, 4.69) is 9.97 Å². The first-order valence-electron chi connectivity index (χ1n) is 12.3. The predicted octanol–water partition coefficient (Wildman–Crippen LogP) is 3.72. The molecule has 4 heterocycles. The number of aromatic nitrogens is 4. The van der Waals surface area contributed by atoms with Crippen LogP contribution in [0.1, 0.15) is 90.7 Å². The van der Waals surface area contributed by atoms with E-state index in [1.54, 1.807) is 12.4 Å². The first-order chi connectivity index (χ1) is 16.0. The van der Waals surface area contributed by atoms with Gasteiger partial charge in [0.1, 0.15) is 11.5 Å². The molecule has 0 radical (unpaired) electrons. The molecule has 5 rings (SSSR count). The van der Waals surface area contributed by atoms with Crippen LogP contribution in [0.4, 0.5) is 5.82 Å². The summed E-state index contributed by atoms with van der Waals surface area (Å²) in [5.74, 6) is 1.94. The van der Waals surface area contributed by atoms with Crippen LogP contribution >= 0.6 is 0 Å². The molecular formula is C25H32N6O2. The number of hydrogen-bond donors (Lipinski definition) is 0. The number of nitrogens with zero attached hydrogens (tertiary/aromatic N) is 6. The molecule has 0 spiro atoms. The molecule has 8 nitrogen and oxygen atoms in total. The minimum Gasteiger partial charge on any atom is -0.327 e. The maximum atomic E-state index is 13.3. The Labute approximate surface area is 194 Å². The van der Waals surface area contributed by atoms with E-state index in [0.29, 0.717) is 30.4 Å². The van der Waals surface area contributed by atoms with Crippen LogP contribution in [0, 0.1) is 19.8 Å². The average molecular weight is 449 g/mol. The van der Waals surface area contributed by atoms with Crippen molar-refractivity contribution >= 4 is 17.6 Å². The van der Waals surface area contributed by atoms with Gasteiger partial charge in [-0.25, -0.2) is 15.0 Å². The highest BCUT2D eigenvalue weighted by molar-refractivity contribution is 6.00. The molecule has 2 aliphatic heterocycles. The lowest BCUT2D eigenvalue weighted by molar-refractivity contribution is -0.117. The fraction of sp³-hybridized carbons (Fsp3) is 0.600. The van der Waals surface area contributed by atoms with Crippen molar-refractivity contribution in [3.8, 4) is 0 Å². The molecule has 2 aromatic rings. The third-order valence-corrected chi connectivity index (χ3v) is 7.32. The number of anilines is 1. The van der Waals surface area contributed by atoms with Crippen LogP contribution in [0.5, 0.6) is 0 Å². The van der Waals surface area contributed by atoms with Crippen molar-refractivity contribution in [2.24, 2.45) is 5.92 Å². The molecule has 2 aromatic heterocycles. The van der Waals surface area contributed by atoms with Gasteiger partial charge in [-0.2, -0.15) is 0 Å². The quantitative estimate of drug-likeness (QED) is 0.708. The number of piperidine rings is 1. The molecule has 1 saturated heterocycles. The minimum atomic E-state index is -0.217. The lowest BCUT2D eigenvalue weighted by Crippen LogP contribution is -2.40. The van der Waals surface area contributed by atoms with Crippen molar-refractivity contribution in [2.45, 2.75) is 77.7 Å². The van der Waals surface area contributed by atoms with Gasteiger partial charge in [0.2, 0.25) is 5.91 Å². The lowest BCUT2D eigenvalue weighted by Gasteiger charge is -2.35. The summed E-state index contributed by atoms with van der Waals surface area (Å²) in [4.78, 5) is 48.2. The van der Waals surface area contributed by atoms with Gasteiger partial charge < -0.3 is 4.90 Å². The second-order valence-corrected chi connectivity index (χ2v) is 9.71. The summed E-state index contributed by atoms with van der Waals surface area (Å²) in [6.45, 7) is 5.20. The Bertz CT molecular complexity index is 1050. The number of aryl methyl sites for hydroxylation is 2. The number of likely N-dealkylation sites (tertiary alicyclic amines) is 1. The van der Waals surface area contributed by atoms with Gasteiger partial charge >= 0.3 is 0 Å². The van der Waals surface area contributed by atoms with Crippen LogP contribution < -0.4 is 4.90 Å². The maximum absolute atomic E-state index is 13.3. The van der Waals surface area contributed by atoms with Gasteiger partial charge in [-0.3, -0.25) is 19.5 Å². The van der Waals surface area contributed by atoms with Crippen molar-refractivity contribution in [3.63, 3.8) is 0 Å². The third-order valence-electron chi connectivity index (χ3n) is 7.32. The molecule has 0 unspecified atom stereocenters. The highest BCUT2D eigenvalue weighted by atomic mass is 16.2. The number of fused-ring (bicyclic) bond motifs is 1. The van der Waals surface area contributed by atoms with Gasteiger partial charge in [0.15, 0.2) is 5.82 Å². The fourth-order valence-corrected chi connectivity index (χ4v) is 5.46. The van der Waals surface area contributed by atoms with Crippen molar-refractivity contribution in [2.75, 3.05) is 18.0 Å². The number of hydrogen-bond acceptors (Lipinski definition) is 6. The van der Waals surface area contributed by atoms with Crippen molar-refractivity contribution in [1.82, 2.24) is 24.8 Å². The number of carbonyl (C=O) groups excluding carboxylic acids is 2. The molecule has 3 aliphatic rings. The van der Waals surface area contributed by atoms with E-state index in [0.717, 1.165) is 48.6 Å². The molecular weight excluding hydrogens is 416 g/mol. The van der Waals surface area contributed by atoms with Crippen LogP contribution in [0.3, 0.4) is 0 Å². The van der Waals surface area contributed by atoms with Gasteiger partial charge in [-0.05, 0) is 51.9 Å². The van der Waals surface area contributed by atoms with E-state index >= 15 is 0 Å².